The van der Waals surface area contributed by atoms with Gasteiger partial charge in [-0.1, -0.05) is 31.2 Å². The minimum Gasteiger partial charge on any atom is -0.346 e. The summed E-state index contributed by atoms with van der Waals surface area (Å²) in [6.07, 6.45) is -3.43. The Morgan fingerprint density at radius 1 is 1.25 bits per heavy atom. The van der Waals surface area contributed by atoms with E-state index < -0.39 is 18.6 Å². The van der Waals surface area contributed by atoms with Gasteiger partial charge in [0.05, 0.1) is 6.54 Å². The highest BCUT2D eigenvalue weighted by Crippen LogP contribution is 2.14. The molecule has 1 unspecified atom stereocenters. The molecular weight excluding hydrogens is 269 g/mol. The fraction of sp³-hybridized carbons (Fsp3) is 0.500. The molecule has 0 fully saturated rings. The van der Waals surface area contributed by atoms with Gasteiger partial charge in [0.1, 0.15) is 6.54 Å². The molecule has 112 valence electrons. The molecule has 1 aromatic rings. The number of nitrogens with one attached hydrogen (secondary N) is 2. The van der Waals surface area contributed by atoms with E-state index in [9.17, 15) is 18.0 Å². The second-order valence-corrected chi connectivity index (χ2v) is 4.59. The van der Waals surface area contributed by atoms with E-state index in [1.54, 1.807) is 0 Å². The number of aryl methyl sites for hydroxylation is 1. The van der Waals surface area contributed by atoms with Crippen LogP contribution in [0.4, 0.5) is 13.2 Å². The molecular formula is C14H19F3N2O. The zero-order chi connectivity index (χ0) is 15.2. The van der Waals surface area contributed by atoms with Crippen LogP contribution in [0.1, 0.15) is 31.0 Å². The summed E-state index contributed by atoms with van der Waals surface area (Å²) in [4.78, 5) is 11.3. The molecule has 1 rings (SSSR count). The highest BCUT2D eigenvalue weighted by atomic mass is 19.4. The molecule has 0 aromatic heterocycles. The van der Waals surface area contributed by atoms with Crippen molar-refractivity contribution in [3.8, 4) is 0 Å². The summed E-state index contributed by atoms with van der Waals surface area (Å²) >= 11 is 0. The third-order valence-electron chi connectivity index (χ3n) is 2.94. The molecule has 20 heavy (non-hydrogen) atoms. The SMILES string of the molecule is CCc1ccc(C(C)NCC(=O)NCC(F)(F)F)cc1. The summed E-state index contributed by atoms with van der Waals surface area (Å²) < 4.78 is 35.7. The maximum absolute atomic E-state index is 11.9. The second kappa shape index (κ2) is 7.28. The van der Waals surface area contributed by atoms with Crippen LogP contribution >= 0.6 is 0 Å². The van der Waals surface area contributed by atoms with Crippen LogP contribution in [0.25, 0.3) is 0 Å². The Kier molecular flexibility index (Phi) is 6.01. The van der Waals surface area contributed by atoms with Gasteiger partial charge in [-0.2, -0.15) is 13.2 Å². The summed E-state index contributed by atoms with van der Waals surface area (Å²) in [6.45, 7) is 2.47. The predicted molar refractivity (Wildman–Crippen MR) is 71.3 cm³/mol. The van der Waals surface area contributed by atoms with Gasteiger partial charge in [0.25, 0.3) is 0 Å². The van der Waals surface area contributed by atoms with Crippen LogP contribution in [0.2, 0.25) is 0 Å². The lowest BCUT2D eigenvalue weighted by Crippen LogP contribution is -2.39. The average Bonchev–Trinajstić information content (AvgIpc) is 2.41. The van der Waals surface area contributed by atoms with Crippen molar-refractivity contribution in [1.29, 1.82) is 0 Å². The van der Waals surface area contributed by atoms with Gasteiger partial charge in [-0.3, -0.25) is 4.79 Å². The Morgan fingerprint density at radius 3 is 2.35 bits per heavy atom. The molecule has 0 saturated heterocycles. The van der Waals surface area contributed by atoms with E-state index in [0.717, 1.165) is 12.0 Å². The molecule has 1 aromatic carbocycles. The molecule has 0 aliphatic rings. The molecule has 0 bridgehead atoms. The number of carbonyl (C=O) groups excluding carboxylic acids is 1. The van der Waals surface area contributed by atoms with Crippen molar-refractivity contribution < 1.29 is 18.0 Å². The average molecular weight is 288 g/mol. The van der Waals surface area contributed by atoms with Gasteiger partial charge < -0.3 is 10.6 Å². The largest absolute Gasteiger partial charge is 0.405 e. The number of halogens is 3. The Morgan fingerprint density at radius 2 is 1.85 bits per heavy atom. The highest BCUT2D eigenvalue weighted by Gasteiger charge is 2.27. The fourth-order valence-corrected chi connectivity index (χ4v) is 1.67. The Hall–Kier alpha value is -1.56. The molecule has 0 radical (unpaired) electrons. The van der Waals surface area contributed by atoms with E-state index in [4.69, 9.17) is 0 Å². The minimum atomic E-state index is -4.38. The number of hydrogen-bond donors (Lipinski definition) is 2. The second-order valence-electron chi connectivity index (χ2n) is 4.59. The quantitative estimate of drug-likeness (QED) is 0.844. The van der Waals surface area contributed by atoms with Crippen LogP contribution in [-0.4, -0.2) is 25.2 Å². The standard InChI is InChI=1S/C14H19F3N2O/c1-3-11-4-6-12(7-5-11)10(2)18-8-13(20)19-9-14(15,16)17/h4-7,10,18H,3,8-9H2,1-2H3,(H,19,20). The Labute approximate surface area is 116 Å². The van der Waals surface area contributed by atoms with Crippen LogP contribution in [0.15, 0.2) is 24.3 Å². The molecule has 3 nitrogen and oxygen atoms in total. The van der Waals surface area contributed by atoms with Gasteiger partial charge >= 0.3 is 6.18 Å². The molecule has 0 heterocycles. The molecule has 1 atom stereocenters. The van der Waals surface area contributed by atoms with Crippen molar-refractivity contribution in [1.82, 2.24) is 10.6 Å². The zero-order valence-electron chi connectivity index (χ0n) is 11.6. The van der Waals surface area contributed by atoms with Crippen LogP contribution in [0, 0.1) is 0 Å². The molecule has 0 aliphatic carbocycles. The lowest BCUT2D eigenvalue weighted by atomic mass is 10.1. The number of alkyl halides is 3. The Bertz CT molecular complexity index is 429. The minimum absolute atomic E-state index is 0.0995. The third kappa shape index (κ3) is 6.06. The first-order chi connectivity index (χ1) is 9.31. The number of amides is 1. The molecule has 0 spiro atoms. The smallest absolute Gasteiger partial charge is 0.346 e. The van der Waals surface area contributed by atoms with Crippen LogP contribution in [0.5, 0.6) is 0 Å². The monoisotopic (exact) mass is 288 g/mol. The Balaban J connectivity index is 2.38. The van der Waals surface area contributed by atoms with Crippen LogP contribution in [0.3, 0.4) is 0 Å². The van der Waals surface area contributed by atoms with E-state index in [-0.39, 0.29) is 12.6 Å². The number of carbonyl (C=O) groups is 1. The van der Waals surface area contributed by atoms with Crippen molar-refractivity contribution in [2.45, 2.75) is 32.5 Å². The zero-order valence-corrected chi connectivity index (χ0v) is 11.6. The molecule has 0 saturated carbocycles. The first-order valence-electron chi connectivity index (χ1n) is 6.47. The van der Waals surface area contributed by atoms with Gasteiger partial charge in [0, 0.05) is 6.04 Å². The van der Waals surface area contributed by atoms with Crippen molar-refractivity contribution >= 4 is 5.91 Å². The summed E-state index contributed by atoms with van der Waals surface area (Å²) in [7, 11) is 0. The number of hydrogen-bond acceptors (Lipinski definition) is 2. The van der Waals surface area contributed by atoms with Gasteiger partial charge in [-0.15, -0.1) is 0 Å². The fourth-order valence-electron chi connectivity index (χ4n) is 1.67. The van der Waals surface area contributed by atoms with Crippen molar-refractivity contribution in [3.63, 3.8) is 0 Å². The van der Waals surface area contributed by atoms with Crippen molar-refractivity contribution in [2.75, 3.05) is 13.1 Å². The summed E-state index contributed by atoms with van der Waals surface area (Å²) in [6, 6.07) is 7.79. The number of benzene rings is 1. The molecule has 1 amide bonds. The summed E-state index contributed by atoms with van der Waals surface area (Å²) in [5.41, 5.74) is 2.20. The predicted octanol–water partition coefficient (Wildman–Crippen LogP) is 2.58. The molecule has 0 aliphatic heterocycles. The van der Waals surface area contributed by atoms with Crippen LogP contribution in [-0.2, 0) is 11.2 Å². The van der Waals surface area contributed by atoms with E-state index in [1.807, 2.05) is 36.5 Å². The van der Waals surface area contributed by atoms with Crippen molar-refractivity contribution in [3.05, 3.63) is 35.4 Å². The van der Waals surface area contributed by atoms with Gasteiger partial charge in [0.15, 0.2) is 0 Å². The maximum atomic E-state index is 11.9. The topological polar surface area (TPSA) is 41.1 Å². The first-order valence-corrected chi connectivity index (χ1v) is 6.47. The van der Waals surface area contributed by atoms with Gasteiger partial charge in [-0.25, -0.2) is 0 Å². The van der Waals surface area contributed by atoms with E-state index in [0.29, 0.717) is 0 Å². The summed E-state index contributed by atoms with van der Waals surface area (Å²) in [5.74, 6) is -0.667. The third-order valence-corrected chi connectivity index (χ3v) is 2.94. The maximum Gasteiger partial charge on any atom is 0.405 e. The van der Waals surface area contributed by atoms with Gasteiger partial charge in [-0.05, 0) is 24.5 Å². The van der Waals surface area contributed by atoms with E-state index in [2.05, 4.69) is 12.2 Å². The van der Waals surface area contributed by atoms with Gasteiger partial charge in [0.2, 0.25) is 5.91 Å². The molecule has 6 heteroatoms. The van der Waals surface area contributed by atoms with Crippen LogP contribution < -0.4 is 10.6 Å². The highest BCUT2D eigenvalue weighted by molar-refractivity contribution is 5.78. The first kappa shape index (κ1) is 16.5. The lowest BCUT2D eigenvalue weighted by Gasteiger charge is -2.15. The summed E-state index contributed by atoms with van der Waals surface area (Å²) in [5, 5.41) is 4.71. The van der Waals surface area contributed by atoms with E-state index >= 15 is 0 Å². The molecule has 2 N–H and O–H groups in total. The normalized spacial score (nSPS) is 13.1. The number of rotatable bonds is 6. The van der Waals surface area contributed by atoms with E-state index in [1.165, 1.54) is 5.56 Å². The van der Waals surface area contributed by atoms with Crippen molar-refractivity contribution in [2.24, 2.45) is 0 Å². The lowest BCUT2D eigenvalue weighted by molar-refractivity contribution is -0.137.